The van der Waals surface area contributed by atoms with E-state index in [4.69, 9.17) is 5.11 Å². The second-order valence-electron chi connectivity index (χ2n) is 4.34. The summed E-state index contributed by atoms with van der Waals surface area (Å²) in [6.07, 6.45) is 5.00. The van der Waals surface area contributed by atoms with E-state index in [2.05, 4.69) is 10.2 Å². The van der Waals surface area contributed by atoms with Gasteiger partial charge in [0.2, 0.25) is 0 Å². The Bertz CT molecular complexity index is 152. The van der Waals surface area contributed by atoms with Crippen LogP contribution in [0.15, 0.2) is 0 Å². The molecular weight excluding hydrogens is 220 g/mol. The Balaban J connectivity index is 1.71. The molecule has 0 bridgehead atoms. The molecule has 0 aliphatic carbocycles. The molecule has 0 radical (unpaired) electrons. The highest BCUT2D eigenvalue weighted by molar-refractivity contribution is 7.99. The fourth-order valence-corrected chi connectivity index (χ4v) is 2.80. The van der Waals surface area contributed by atoms with Gasteiger partial charge in [-0.05, 0) is 57.6 Å². The summed E-state index contributed by atoms with van der Waals surface area (Å²) in [6.45, 7) is 6.49. The van der Waals surface area contributed by atoms with Crippen molar-refractivity contribution in [2.75, 3.05) is 50.8 Å². The minimum absolute atomic E-state index is 0.330. The van der Waals surface area contributed by atoms with Crippen molar-refractivity contribution in [2.45, 2.75) is 25.7 Å². The zero-order chi connectivity index (χ0) is 11.5. The third-order valence-electron chi connectivity index (χ3n) is 2.90. The van der Waals surface area contributed by atoms with E-state index in [1.54, 1.807) is 0 Å². The SMILES string of the molecule is OCCCSCCNCCCN1CCCC1. The Morgan fingerprint density at radius 2 is 1.88 bits per heavy atom. The molecule has 2 N–H and O–H groups in total. The first kappa shape index (κ1) is 14.3. The Hall–Kier alpha value is 0.230. The molecule has 0 aromatic carbocycles. The molecule has 16 heavy (non-hydrogen) atoms. The van der Waals surface area contributed by atoms with Crippen LogP contribution >= 0.6 is 11.8 Å². The first-order chi connectivity index (χ1) is 7.93. The van der Waals surface area contributed by atoms with Gasteiger partial charge in [-0.15, -0.1) is 0 Å². The molecule has 0 amide bonds. The largest absolute Gasteiger partial charge is 0.396 e. The van der Waals surface area contributed by atoms with Crippen LogP contribution in [0.2, 0.25) is 0 Å². The van der Waals surface area contributed by atoms with Crippen molar-refractivity contribution < 1.29 is 5.11 Å². The normalized spacial score (nSPS) is 17.1. The van der Waals surface area contributed by atoms with Crippen molar-refractivity contribution in [1.29, 1.82) is 0 Å². The van der Waals surface area contributed by atoms with Crippen LogP contribution in [0.25, 0.3) is 0 Å². The number of likely N-dealkylation sites (tertiary alicyclic amines) is 1. The summed E-state index contributed by atoms with van der Waals surface area (Å²) in [5.41, 5.74) is 0. The lowest BCUT2D eigenvalue weighted by Gasteiger charge is -2.14. The number of rotatable bonds is 10. The molecule has 96 valence electrons. The molecule has 1 heterocycles. The molecule has 0 aromatic rings. The summed E-state index contributed by atoms with van der Waals surface area (Å²) in [7, 11) is 0. The Morgan fingerprint density at radius 3 is 2.62 bits per heavy atom. The third-order valence-corrected chi connectivity index (χ3v) is 3.97. The average molecular weight is 246 g/mol. The van der Waals surface area contributed by atoms with Gasteiger partial charge in [0.25, 0.3) is 0 Å². The minimum atomic E-state index is 0.330. The first-order valence-electron chi connectivity index (χ1n) is 6.55. The van der Waals surface area contributed by atoms with Gasteiger partial charge >= 0.3 is 0 Å². The van der Waals surface area contributed by atoms with Gasteiger partial charge in [-0.25, -0.2) is 0 Å². The second kappa shape index (κ2) is 10.4. The predicted molar refractivity (Wildman–Crippen MR) is 72.2 cm³/mol. The Kier molecular flexibility index (Phi) is 9.28. The highest BCUT2D eigenvalue weighted by Crippen LogP contribution is 2.06. The summed E-state index contributed by atoms with van der Waals surface area (Å²) in [5, 5.41) is 12.1. The van der Waals surface area contributed by atoms with Crippen molar-refractivity contribution in [3.8, 4) is 0 Å². The molecule has 0 spiro atoms. The van der Waals surface area contributed by atoms with E-state index in [0.29, 0.717) is 6.61 Å². The number of aliphatic hydroxyl groups is 1. The van der Waals surface area contributed by atoms with Crippen molar-refractivity contribution in [3.63, 3.8) is 0 Å². The minimum Gasteiger partial charge on any atom is -0.396 e. The Labute approximate surface area is 104 Å². The Morgan fingerprint density at radius 1 is 1.06 bits per heavy atom. The lowest BCUT2D eigenvalue weighted by Crippen LogP contribution is -2.25. The van der Waals surface area contributed by atoms with Crippen LogP contribution in [-0.2, 0) is 0 Å². The fourth-order valence-electron chi connectivity index (χ4n) is 1.97. The van der Waals surface area contributed by atoms with Crippen LogP contribution in [0.4, 0.5) is 0 Å². The predicted octanol–water partition coefficient (Wildman–Crippen LogP) is 1.18. The van der Waals surface area contributed by atoms with E-state index in [0.717, 1.165) is 25.3 Å². The van der Waals surface area contributed by atoms with Crippen molar-refractivity contribution in [3.05, 3.63) is 0 Å². The van der Waals surface area contributed by atoms with Gasteiger partial charge in [0.15, 0.2) is 0 Å². The van der Waals surface area contributed by atoms with Crippen LogP contribution in [0.5, 0.6) is 0 Å². The van der Waals surface area contributed by atoms with Gasteiger partial charge in [-0.3, -0.25) is 0 Å². The highest BCUT2D eigenvalue weighted by Gasteiger charge is 2.09. The highest BCUT2D eigenvalue weighted by atomic mass is 32.2. The van der Waals surface area contributed by atoms with Crippen LogP contribution < -0.4 is 5.32 Å². The summed E-state index contributed by atoms with van der Waals surface area (Å²) in [6, 6.07) is 0. The molecule has 1 saturated heterocycles. The molecule has 1 rings (SSSR count). The van der Waals surface area contributed by atoms with E-state index >= 15 is 0 Å². The molecule has 0 unspecified atom stereocenters. The van der Waals surface area contributed by atoms with Gasteiger partial charge in [0.05, 0.1) is 0 Å². The lowest BCUT2D eigenvalue weighted by atomic mass is 10.4. The zero-order valence-electron chi connectivity index (χ0n) is 10.3. The van der Waals surface area contributed by atoms with Crippen LogP contribution in [-0.4, -0.2) is 60.8 Å². The lowest BCUT2D eigenvalue weighted by molar-refractivity contribution is 0.296. The number of hydrogen-bond donors (Lipinski definition) is 2. The molecule has 1 fully saturated rings. The maximum absolute atomic E-state index is 8.61. The van der Waals surface area contributed by atoms with Crippen LogP contribution in [0.1, 0.15) is 25.7 Å². The van der Waals surface area contributed by atoms with Crippen molar-refractivity contribution in [1.82, 2.24) is 10.2 Å². The summed E-state index contributed by atoms with van der Waals surface area (Å²) >= 11 is 1.93. The maximum atomic E-state index is 8.61. The van der Waals surface area contributed by atoms with E-state index in [-0.39, 0.29) is 0 Å². The zero-order valence-corrected chi connectivity index (χ0v) is 11.1. The first-order valence-corrected chi connectivity index (χ1v) is 7.70. The molecule has 1 aliphatic heterocycles. The van der Waals surface area contributed by atoms with Gasteiger partial charge < -0.3 is 15.3 Å². The van der Waals surface area contributed by atoms with E-state index in [9.17, 15) is 0 Å². The summed E-state index contributed by atoms with van der Waals surface area (Å²) in [5.74, 6) is 2.26. The van der Waals surface area contributed by atoms with Crippen LogP contribution in [0.3, 0.4) is 0 Å². The molecule has 1 aliphatic rings. The second-order valence-corrected chi connectivity index (χ2v) is 5.57. The maximum Gasteiger partial charge on any atom is 0.0438 e. The van der Waals surface area contributed by atoms with Crippen molar-refractivity contribution in [2.24, 2.45) is 0 Å². The monoisotopic (exact) mass is 246 g/mol. The van der Waals surface area contributed by atoms with Gasteiger partial charge in [-0.1, -0.05) is 0 Å². The molecule has 3 nitrogen and oxygen atoms in total. The fraction of sp³-hybridized carbons (Fsp3) is 1.00. The van der Waals surface area contributed by atoms with Crippen LogP contribution in [0, 0.1) is 0 Å². The van der Waals surface area contributed by atoms with Gasteiger partial charge in [-0.2, -0.15) is 11.8 Å². The van der Waals surface area contributed by atoms with E-state index in [1.165, 1.54) is 44.6 Å². The number of nitrogens with zero attached hydrogens (tertiary/aromatic N) is 1. The summed E-state index contributed by atoms with van der Waals surface area (Å²) in [4.78, 5) is 2.57. The summed E-state index contributed by atoms with van der Waals surface area (Å²) < 4.78 is 0. The van der Waals surface area contributed by atoms with Gasteiger partial charge in [0, 0.05) is 18.9 Å². The molecular formula is C12H26N2OS. The van der Waals surface area contributed by atoms with Gasteiger partial charge in [0.1, 0.15) is 0 Å². The smallest absolute Gasteiger partial charge is 0.0438 e. The number of nitrogens with one attached hydrogen (secondary N) is 1. The molecule has 0 aromatic heterocycles. The standard InChI is InChI=1S/C12H26N2OS/c15-10-4-11-16-12-6-13-5-3-9-14-7-1-2-8-14/h13,15H,1-12H2. The average Bonchev–Trinajstić information content (AvgIpc) is 2.80. The topological polar surface area (TPSA) is 35.5 Å². The molecule has 0 atom stereocenters. The van der Waals surface area contributed by atoms with E-state index < -0.39 is 0 Å². The quantitative estimate of drug-likeness (QED) is 0.567. The molecule has 4 heteroatoms. The molecule has 0 saturated carbocycles. The van der Waals surface area contributed by atoms with E-state index in [1.807, 2.05) is 11.8 Å². The number of thioether (sulfide) groups is 1. The van der Waals surface area contributed by atoms with Crippen molar-refractivity contribution >= 4 is 11.8 Å². The third kappa shape index (κ3) is 7.49. The number of hydrogen-bond acceptors (Lipinski definition) is 4. The number of aliphatic hydroxyl groups excluding tert-OH is 1.